The second kappa shape index (κ2) is 7.73. The van der Waals surface area contributed by atoms with Gasteiger partial charge < -0.3 is 10.3 Å². The van der Waals surface area contributed by atoms with Gasteiger partial charge in [0.1, 0.15) is 5.82 Å². The van der Waals surface area contributed by atoms with Gasteiger partial charge in [-0.3, -0.25) is 10.1 Å². The highest BCUT2D eigenvalue weighted by molar-refractivity contribution is 5.85. The van der Waals surface area contributed by atoms with Crippen molar-refractivity contribution in [2.75, 3.05) is 5.32 Å². The molecule has 3 N–H and O–H groups in total. The Morgan fingerprint density at radius 1 is 1.09 bits per heavy atom. The van der Waals surface area contributed by atoms with Crippen molar-refractivity contribution in [2.45, 2.75) is 25.3 Å². The number of fused-ring (bicyclic) bond motifs is 4. The van der Waals surface area contributed by atoms with Gasteiger partial charge in [-0.25, -0.2) is 9.37 Å². The van der Waals surface area contributed by atoms with Gasteiger partial charge in [0.25, 0.3) is 0 Å². The maximum Gasteiger partial charge on any atom is 0.228 e. The summed E-state index contributed by atoms with van der Waals surface area (Å²) in [5, 5.41) is 16.4. The molecular weight excluding hydrogens is 445 g/mol. The fraction of sp³-hybridized carbons (Fsp3) is 0.160. The molecular formula is C25H20FN9. The second-order valence-electron chi connectivity index (χ2n) is 8.74. The molecule has 0 fully saturated rings. The first-order chi connectivity index (χ1) is 17.2. The van der Waals surface area contributed by atoms with E-state index in [1.807, 2.05) is 6.07 Å². The van der Waals surface area contributed by atoms with Crippen LogP contribution in [0, 0.1) is 5.82 Å². The van der Waals surface area contributed by atoms with Crippen molar-refractivity contribution in [2.24, 2.45) is 0 Å². The van der Waals surface area contributed by atoms with Crippen molar-refractivity contribution in [1.82, 2.24) is 39.7 Å². The first-order valence-electron chi connectivity index (χ1n) is 11.4. The number of rotatable bonds is 4. The Kier molecular flexibility index (Phi) is 4.38. The number of aromatic nitrogens is 8. The first kappa shape index (κ1) is 19.8. The lowest BCUT2D eigenvalue weighted by molar-refractivity contribution is 0.599. The van der Waals surface area contributed by atoms with E-state index in [-0.39, 0.29) is 6.04 Å². The molecule has 5 aromatic heterocycles. The van der Waals surface area contributed by atoms with E-state index >= 15 is 0 Å². The van der Waals surface area contributed by atoms with Crippen LogP contribution in [-0.2, 0) is 12.8 Å². The van der Waals surface area contributed by atoms with Crippen LogP contribution in [0.25, 0.3) is 39.2 Å². The van der Waals surface area contributed by atoms with Gasteiger partial charge in [-0.2, -0.15) is 19.7 Å². The fourth-order valence-electron chi connectivity index (χ4n) is 4.91. The molecule has 0 aliphatic heterocycles. The number of aromatic amines is 2. The van der Waals surface area contributed by atoms with E-state index in [1.54, 1.807) is 23.1 Å². The van der Waals surface area contributed by atoms with Crippen molar-refractivity contribution < 1.29 is 4.39 Å². The van der Waals surface area contributed by atoms with Crippen LogP contribution in [0.2, 0.25) is 0 Å². The van der Waals surface area contributed by atoms with Crippen LogP contribution in [0.5, 0.6) is 0 Å². The minimum absolute atomic E-state index is 0.151. The van der Waals surface area contributed by atoms with E-state index in [0.717, 1.165) is 36.7 Å². The number of nitrogens with zero attached hydrogens (tertiary/aromatic N) is 6. The Balaban J connectivity index is 1.32. The lowest BCUT2D eigenvalue weighted by Crippen LogP contribution is -2.29. The number of para-hydroxylation sites is 1. The van der Waals surface area contributed by atoms with E-state index in [4.69, 9.17) is 9.97 Å². The molecule has 0 bridgehead atoms. The van der Waals surface area contributed by atoms with Crippen LogP contribution in [0.3, 0.4) is 0 Å². The Hall–Kier alpha value is -4.60. The molecule has 1 aromatic carbocycles. The van der Waals surface area contributed by atoms with Gasteiger partial charge in [0.05, 0.1) is 23.7 Å². The van der Waals surface area contributed by atoms with Gasteiger partial charge in [0, 0.05) is 40.6 Å². The third-order valence-electron chi connectivity index (χ3n) is 6.55. The zero-order valence-corrected chi connectivity index (χ0v) is 18.5. The normalized spacial score (nSPS) is 15.5. The summed E-state index contributed by atoms with van der Waals surface area (Å²) in [6.45, 7) is 0. The van der Waals surface area contributed by atoms with Gasteiger partial charge >= 0.3 is 0 Å². The molecule has 0 saturated heterocycles. The summed E-state index contributed by atoms with van der Waals surface area (Å²) < 4.78 is 15.6. The molecule has 10 heteroatoms. The highest BCUT2D eigenvalue weighted by atomic mass is 19.1. The number of hydrogen-bond donors (Lipinski definition) is 3. The monoisotopic (exact) mass is 465 g/mol. The van der Waals surface area contributed by atoms with E-state index in [9.17, 15) is 4.39 Å². The minimum atomic E-state index is -0.443. The van der Waals surface area contributed by atoms with Gasteiger partial charge in [-0.1, -0.05) is 18.2 Å². The molecule has 0 amide bonds. The summed E-state index contributed by atoms with van der Waals surface area (Å²) in [4.78, 5) is 17.0. The number of aryl methyl sites for hydroxylation is 1. The lowest BCUT2D eigenvalue weighted by Gasteiger charge is -2.24. The summed E-state index contributed by atoms with van der Waals surface area (Å²) in [5.74, 6) is 0.479. The quantitative estimate of drug-likeness (QED) is 0.360. The number of H-pyrrole nitrogens is 2. The van der Waals surface area contributed by atoms with Crippen molar-refractivity contribution >= 4 is 22.5 Å². The third kappa shape index (κ3) is 3.33. The van der Waals surface area contributed by atoms with Crippen molar-refractivity contribution in [3.63, 3.8) is 0 Å². The minimum Gasteiger partial charge on any atom is -0.358 e. The topological polar surface area (TPSA) is 112 Å². The number of pyridine rings is 1. The fourth-order valence-corrected chi connectivity index (χ4v) is 4.91. The van der Waals surface area contributed by atoms with Crippen LogP contribution in [0.15, 0.2) is 61.2 Å². The summed E-state index contributed by atoms with van der Waals surface area (Å²) in [5.41, 5.74) is 6.45. The molecule has 6 aromatic rings. The maximum atomic E-state index is 14.0. The van der Waals surface area contributed by atoms with Crippen molar-refractivity contribution in [1.29, 1.82) is 0 Å². The SMILES string of the molecule is Fc1cncc(-c2nc(N[C@@H]3CCc4[nH]c5ccccc5c4C3)n3ncc(-c4ccn[nH]4)c3n2)c1. The Morgan fingerprint density at radius 2 is 2.03 bits per heavy atom. The predicted molar refractivity (Wildman–Crippen MR) is 129 cm³/mol. The predicted octanol–water partition coefficient (Wildman–Crippen LogP) is 4.17. The summed E-state index contributed by atoms with van der Waals surface area (Å²) in [6.07, 6.45) is 8.87. The Bertz CT molecular complexity index is 1680. The number of halogens is 1. The molecule has 7 rings (SSSR count). The molecule has 0 saturated carbocycles. The summed E-state index contributed by atoms with van der Waals surface area (Å²) in [6, 6.07) is 11.8. The molecule has 1 aliphatic rings. The Morgan fingerprint density at radius 3 is 2.91 bits per heavy atom. The van der Waals surface area contributed by atoms with E-state index in [2.05, 4.69) is 54.8 Å². The third-order valence-corrected chi connectivity index (χ3v) is 6.55. The summed E-state index contributed by atoms with van der Waals surface area (Å²) in [7, 11) is 0. The highest BCUT2D eigenvalue weighted by Gasteiger charge is 2.24. The van der Waals surface area contributed by atoms with E-state index < -0.39 is 5.82 Å². The standard InChI is InChI=1S/C25H20FN9/c26-15-9-14(11-27-12-15)23-32-24-19(22-7-8-28-34-22)13-29-35(24)25(33-23)30-16-5-6-21-18(10-16)17-3-1-2-4-20(17)31-21/h1-4,7-9,11-13,16,31H,5-6,10H2,(H,28,34)(H,30,32,33)/t16-/m1/s1. The molecule has 0 unspecified atom stereocenters. The number of hydrogen-bond acceptors (Lipinski definition) is 6. The van der Waals surface area contributed by atoms with Gasteiger partial charge in [0.15, 0.2) is 11.5 Å². The number of nitrogens with one attached hydrogen (secondary N) is 3. The maximum absolute atomic E-state index is 14.0. The second-order valence-corrected chi connectivity index (χ2v) is 8.74. The Labute approximate surface area is 198 Å². The average molecular weight is 465 g/mol. The summed E-state index contributed by atoms with van der Waals surface area (Å²) >= 11 is 0. The van der Waals surface area contributed by atoms with Crippen LogP contribution in [0.4, 0.5) is 10.3 Å². The van der Waals surface area contributed by atoms with Crippen LogP contribution in [0.1, 0.15) is 17.7 Å². The highest BCUT2D eigenvalue weighted by Crippen LogP contribution is 2.31. The van der Waals surface area contributed by atoms with Crippen LogP contribution in [-0.4, -0.2) is 45.8 Å². The van der Waals surface area contributed by atoms with Crippen molar-refractivity contribution in [3.05, 3.63) is 78.3 Å². The van der Waals surface area contributed by atoms with E-state index in [0.29, 0.717) is 23.0 Å². The first-order valence-corrected chi connectivity index (χ1v) is 11.4. The average Bonchev–Trinajstić information content (AvgIpc) is 3.62. The van der Waals surface area contributed by atoms with Gasteiger partial charge in [-0.15, -0.1) is 0 Å². The lowest BCUT2D eigenvalue weighted by atomic mass is 9.91. The molecule has 172 valence electrons. The van der Waals surface area contributed by atoms with E-state index in [1.165, 1.54) is 28.2 Å². The van der Waals surface area contributed by atoms with Gasteiger partial charge in [0.2, 0.25) is 5.95 Å². The molecule has 5 heterocycles. The smallest absolute Gasteiger partial charge is 0.228 e. The van der Waals surface area contributed by atoms with Crippen molar-refractivity contribution in [3.8, 4) is 22.6 Å². The molecule has 9 nitrogen and oxygen atoms in total. The van der Waals surface area contributed by atoms with Gasteiger partial charge in [-0.05, 0) is 43.0 Å². The molecule has 0 radical (unpaired) electrons. The van der Waals surface area contributed by atoms with Crippen LogP contribution < -0.4 is 5.32 Å². The number of benzene rings is 1. The molecule has 0 spiro atoms. The molecule has 1 aliphatic carbocycles. The number of anilines is 1. The largest absolute Gasteiger partial charge is 0.358 e. The molecule has 1 atom stereocenters. The molecule has 35 heavy (non-hydrogen) atoms. The zero-order chi connectivity index (χ0) is 23.4. The van der Waals surface area contributed by atoms with Crippen LogP contribution >= 0.6 is 0 Å². The zero-order valence-electron chi connectivity index (χ0n) is 18.5.